The number of imidazole rings is 1. The first-order chi connectivity index (χ1) is 7.97. The van der Waals surface area contributed by atoms with Crippen LogP contribution >= 0.6 is 63.7 Å². The van der Waals surface area contributed by atoms with Gasteiger partial charge in [0.2, 0.25) is 0 Å². The molecule has 1 heterocycles. The second kappa shape index (κ2) is 5.28. The van der Waals surface area contributed by atoms with Gasteiger partial charge >= 0.3 is 0 Å². The SMILES string of the molecule is CC(CN)c1nc2c(Br)c(Br)c(Br)c(Br)c2[nH]1. The van der Waals surface area contributed by atoms with E-state index in [0.29, 0.717) is 6.54 Å². The minimum Gasteiger partial charge on any atom is -0.341 e. The van der Waals surface area contributed by atoms with Gasteiger partial charge in [0.15, 0.2) is 0 Å². The molecule has 1 unspecified atom stereocenters. The first kappa shape index (κ1) is 14.0. The number of nitrogens with one attached hydrogen (secondary N) is 1. The maximum atomic E-state index is 5.66. The highest BCUT2D eigenvalue weighted by molar-refractivity contribution is 9.15. The van der Waals surface area contributed by atoms with Crippen LogP contribution in [0.5, 0.6) is 0 Å². The molecule has 1 aromatic carbocycles. The number of rotatable bonds is 2. The molecule has 0 saturated carbocycles. The fraction of sp³-hybridized carbons (Fsp3) is 0.300. The average Bonchev–Trinajstić information content (AvgIpc) is 2.77. The van der Waals surface area contributed by atoms with E-state index >= 15 is 0 Å². The largest absolute Gasteiger partial charge is 0.341 e. The van der Waals surface area contributed by atoms with Crippen molar-refractivity contribution in [2.75, 3.05) is 6.54 Å². The molecule has 0 spiro atoms. The zero-order valence-corrected chi connectivity index (χ0v) is 15.2. The van der Waals surface area contributed by atoms with Crippen LogP contribution in [0.4, 0.5) is 0 Å². The van der Waals surface area contributed by atoms with Gasteiger partial charge in [0.1, 0.15) is 11.3 Å². The van der Waals surface area contributed by atoms with Crippen LogP contribution in [0.25, 0.3) is 11.0 Å². The Kier molecular flexibility index (Phi) is 4.35. The molecule has 92 valence electrons. The average molecular weight is 491 g/mol. The molecule has 7 heteroatoms. The second-order valence-corrected chi connectivity index (χ2v) is 6.91. The molecule has 3 nitrogen and oxygen atoms in total. The molecular weight excluding hydrogens is 482 g/mol. The van der Waals surface area contributed by atoms with Gasteiger partial charge in [-0.25, -0.2) is 4.98 Å². The minimum absolute atomic E-state index is 0.207. The Morgan fingerprint density at radius 2 is 1.71 bits per heavy atom. The summed E-state index contributed by atoms with van der Waals surface area (Å²) in [4.78, 5) is 7.89. The highest BCUT2D eigenvalue weighted by Gasteiger charge is 2.18. The van der Waals surface area contributed by atoms with Gasteiger partial charge in [0, 0.05) is 21.4 Å². The van der Waals surface area contributed by atoms with Crippen molar-refractivity contribution in [3.63, 3.8) is 0 Å². The maximum Gasteiger partial charge on any atom is 0.111 e. The molecule has 0 amide bonds. The van der Waals surface area contributed by atoms with Crippen LogP contribution in [0.2, 0.25) is 0 Å². The maximum absolute atomic E-state index is 5.66. The predicted octanol–water partition coefficient (Wildman–Crippen LogP) is 4.68. The first-order valence-corrected chi connectivity index (χ1v) is 8.06. The predicted molar refractivity (Wildman–Crippen MR) is 84.4 cm³/mol. The molecule has 0 aliphatic rings. The molecule has 1 aromatic heterocycles. The third kappa shape index (κ3) is 2.36. The molecule has 0 fully saturated rings. The van der Waals surface area contributed by atoms with E-state index in [-0.39, 0.29) is 5.92 Å². The van der Waals surface area contributed by atoms with Gasteiger partial charge in [-0.2, -0.15) is 0 Å². The van der Waals surface area contributed by atoms with Crippen LogP contribution in [0.1, 0.15) is 18.7 Å². The van der Waals surface area contributed by atoms with E-state index in [4.69, 9.17) is 5.73 Å². The van der Waals surface area contributed by atoms with E-state index < -0.39 is 0 Å². The number of H-pyrrole nitrogens is 1. The topological polar surface area (TPSA) is 54.7 Å². The van der Waals surface area contributed by atoms with Crippen LogP contribution in [0, 0.1) is 0 Å². The number of hydrogen-bond acceptors (Lipinski definition) is 2. The lowest BCUT2D eigenvalue weighted by atomic mass is 10.2. The van der Waals surface area contributed by atoms with Crippen molar-refractivity contribution in [1.82, 2.24) is 9.97 Å². The van der Waals surface area contributed by atoms with Gasteiger partial charge in [-0.05, 0) is 63.7 Å². The molecule has 1 atom stereocenters. The number of hydrogen-bond donors (Lipinski definition) is 2. The van der Waals surface area contributed by atoms with Crippen LogP contribution < -0.4 is 5.73 Å². The molecule has 0 aliphatic carbocycles. The molecule has 0 bridgehead atoms. The lowest BCUT2D eigenvalue weighted by molar-refractivity contribution is 0.727. The van der Waals surface area contributed by atoms with Crippen molar-refractivity contribution < 1.29 is 0 Å². The standard InChI is InChI=1S/C10H9Br4N3/c1-3(2-15)10-16-8-6(13)4(11)5(12)7(14)9(8)17-10/h3H,2,15H2,1H3,(H,16,17). The summed E-state index contributed by atoms with van der Waals surface area (Å²) in [6.45, 7) is 2.61. The van der Waals surface area contributed by atoms with Crippen molar-refractivity contribution in [2.24, 2.45) is 5.73 Å². The van der Waals surface area contributed by atoms with E-state index in [2.05, 4.69) is 73.7 Å². The number of aromatic nitrogens is 2. The lowest BCUT2D eigenvalue weighted by Crippen LogP contribution is -2.10. The number of aromatic amines is 1. The summed E-state index contributed by atoms with van der Waals surface area (Å²) in [6, 6.07) is 0. The number of nitrogens with two attached hydrogens (primary N) is 1. The Balaban J connectivity index is 2.77. The van der Waals surface area contributed by atoms with Gasteiger partial charge in [0.05, 0.1) is 14.5 Å². The van der Waals surface area contributed by atoms with E-state index in [1.54, 1.807) is 0 Å². The Labute approximate surface area is 132 Å². The quantitative estimate of drug-likeness (QED) is 0.475. The van der Waals surface area contributed by atoms with Crippen LogP contribution in [-0.2, 0) is 0 Å². The second-order valence-electron chi connectivity index (χ2n) is 3.74. The lowest BCUT2D eigenvalue weighted by Gasteiger charge is -2.03. The van der Waals surface area contributed by atoms with Gasteiger partial charge in [0.25, 0.3) is 0 Å². The third-order valence-corrected chi connectivity index (χ3v) is 7.30. The van der Waals surface area contributed by atoms with Gasteiger partial charge in [-0.3, -0.25) is 0 Å². The van der Waals surface area contributed by atoms with Crippen molar-refractivity contribution >= 4 is 74.8 Å². The summed E-state index contributed by atoms with van der Waals surface area (Å²) in [5.41, 5.74) is 7.51. The minimum atomic E-state index is 0.207. The zero-order chi connectivity index (χ0) is 12.7. The molecule has 0 aliphatic heterocycles. The van der Waals surface area contributed by atoms with Gasteiger partial charge in [-0.15, -0.1) is 0 Å². The summed E-state index contributed by atoms with van der Waals surface area (Å²) in [6.07, 6.45) is 0. The number of nitrogens with zero attached hydrogens (tertiary/aromatic N) is 1. The fourth-order valence-corrected chi connectivity index (χ4v) is 3.75. The van der Waals surface area contributed by atoms with Gasteiger partial charge in [-0.1, -0.05) is 6.92 Å². The fourth-order valence-electron chi connectivity index (χ4n) is 1.46. The number of benzene rings is 1. The summed E-state index contributed by atoms with van der Waals surface area (Å²) in [7, 11) is 0. The Morgan fingerprint density at radius 3 is 2.29 bits per heavy atom. The van der Waals surface area contributed by atoms with Crippen LogP contribution in [-0.4, -0.2) is 16.5 Å². The van der Waals surface area contributed by atoms with E-state index in [1.165, 1.54) is 0 Å². The molecule has 0 saturated heterocycles. The molecule has 17 heavy (non-hydrogen) atoms. The molecule has 3 N–H and O–H groups in total. The van der Waals surface area contributed by atoms with Crippen LogP contribution in [0.15, 0.2) is 17.9 Å². The van der Waals surface area contributed by atoms with E-state index in [0.717, 1.165) is 34.7 Å². The smallest absolute Gasteiger partial charge is 0.111 e. The van der Waals surface area contributed by atoms with Crippen molar-refractivity contribution in [3.8, 4) is 0 Å². The normalized spacial score (nSPS) is 13.3. The van der Waals surface area contributed by atoms with Crippen molar-refractivity contribution in [1.29, 1.82) is 0 Å². The van der Waals surface area contributed by atoms with Gasteiger partial charge < -0.3 is 10.7 Å². The highest BCUT2D eigenvalue weighted by Crippen LogP contribution is 2.42. The number of fused-ring (bicyclic) bond motifs is 1. The van der Waals surface area contributed by atoms with Crippen molar-refractivity contribution in [2.45, 2.75) is 12.8 Å². The summed E-state index contributed by atoms with van der Waals surface area (Å²) in [5, 5.41) is 0. The Bertz CT molecular complexity index is 534. The monoisotopic (exact) mass is 487 g/mol. The Hall–Kier alpha value is 0.570. The molecular formula is C10H9Br4N3. The van der Waals surface area contributed by atoms with Crippen molar-refractivity contribution in [3.05, 3.63) is 23.7 Å². The zero-order valence-electron chi connectivity index (χ0n) is 8.82. The summed E-state index contributed by atoms with van der Waals surface area (Å²) >= 11 is 14.1. The molecule has 2 rings (SSSR count). The van der Waals surface area contributed by atoms with E-state index in [1.807, 2.05) is 6.92 Å². The van der Waals surface area contributed by atoms with Crippen LogP contribution in [0.3, 0.4) is 0 Å². The summed E-state index contributed by atoms with van der Waals surface area (Å²) in [5.74, 6) is 1.10. The molecule has 2 aromatic rings. The number of halogens is 4. The molecule has 0 radical (unpaired) electrons. The summed E-state index contributed by atoms with van der Waals surface area (Å²) < 4.78 is 3.77. The van der Waals surface area contributed by atoms with E-state index in [9.17, 15) is 0 Å². The highest BCUT2D eigenvalue weighted by atomic mass is 79.9. The first-order valence-electron chi connectivity index (χ1n) is 4.89. The third-order valence-electron chi connectivity index (χ3n) is 2.55. The Morgan fingerprint density at radius 1 is 1.12 bits per heavy atom.